The zero-order valence-electron chi connectivity index (χ0n) is 7.92. The molecular weight excluding hydrogens is 266 g/mol. The first-order valence-corrected chi connectivity index (χ1v) is 4.91. The SMILES string of the molecule is COC(=O)C(O)C(O)c1ccc(Br)cn1. The van der Waals surface area contributed by atoms with Gasteiger partial charge in [-0.1, -0.05) is 0 Å². The molecule has 82 valence electrons. The van der Waals surface area contributed by atoms with Gasteiger partial charge in [0.05, 0.1) is 12.8 Å². The summed E-state index contributed by atoms with van der Waals surface area (Å²) in [5.74, 6) is -0.896. The number of aliphatic hydroxyl groups is 2. The second kappa shape index (κ2) is 5.20. The Kier molecular flexibility index (Phi) is 4.19. The number of aliphatic hydroxyl groups excluding tert-OH is 2. The van der Waals surface area contributed by atoms with Crippen molar-refractivity contribution in [3.63, 3.8) is 0 Å². The Morgan fingerprint density at radius 3 is 2.67 bits per heavy atom. The van der Waals surface area contributed by atoms with Crippen LogP contribution in [0.3, 0.4) is 0 Å². The lowest BCUT2D eigenvalue weighted by Crippen LogP contribution is -2.29. The van der Waals surface area contributed by atoms with Gasteiger partial charge in [0.25, 0.3) is 0 Å². The van der Waals surface area contributed by atoms with Crippen LogP contribution in [0.25, 0.3) is 0 Å². The van der Waals surface area contributed by atoms with E-state index in [0.717, 1.165) is 11.6 Å². The minimum absolute atomic E-state index is 0.205. The van der Waals surface area contributed by atoms with Crippen LogP contribution in [0.15, 0.2) is 22.8 Å². The highest BCUT2D eigenvalue weighted by molar-refractivity contribution is 9.10. The Morgan fingerprint density at radius 2 is 2.20 bits per heavy atom. The first kappa shape index (κ1) is 12.1. The molecule has 2 N–H and O–H groups in total. The lowest BCUT2D eigenvalue weighted by Gasteiger charge is -2.14. The molecule has 2 unspecified atom stereocenters. The molecule has 0 aromatic carbocycles. The van der Waals surface area contributed by atoms with Gasteiger partial charge in [-0.05, 0) is 28.1 Å². The smallest absolute Gasteiger partial charge is 0.337 e. The molecule has 0 saturated carbocycles. The van der Waals surface area contributed by atoms with Gasteiger partial charge >= 0.3 is 5.97 Å². The molecule has 15 heavy (non-hydrogen) atoms. The molecule has 0 saturated heterocycles. The summed E-state index contributed by atoms with van der Waals surface area (Å²) >= 11 is 3.18. The van der Waals surface area contributed by atoms with Gasteiger partial charge in [-0.3, -0.25) is 4.98 Å². The zero-order valence-corrected chi connectivity index (χ0v) is 9.51. The lowest BCUT2D eigenvalue weighted by molar-refractivity contribution is -0.157. The van der Waals surface area contributed by atoms with Crippen LogP contribution in [0, 0.1) is 0 Å². The Morgan fingerprint density at radius 1 is 1.53 bits per heavy atom. The Bertz CT molecular complexity index is 340. The van der Waals surface area contributed by atoms with E-state index in [-0.39, 0.29) is 5.69 Å². The molecule has 1 rings (SSSR count). The average Bonchev–Trinajstić information content (AvgIpc) is 2.27. The van der Waals surface area contributed by atoms with Crippen LogP contribution in [0.2, 0.25) is 0 Å². The molecule has 0 amide bonds. The molecule has 0 bridgehead atoms. The van der Waals surface area contributed by atoms with E-state index in [1.54, 1.807) is 6.07 Å². The number of ether oxygens (including phenoxy) is 1. The minimum Gasteiger partial charge on any atom is -0.467 e. The van der Waals surface area contributed by atoms with Crippen LogP contribution in [0.4, 0.5) is 0 Å². The predicted molar refractivity (Wildman–Crippen MR) is 54.9 cm³/mol. The van der Waals surface area contributed by atoms with Gasteiger partial charge in [-0.25, -0.2) is 4.79 Å². The third-order valence-electron chi connectivity index (χ3n) is 1.80. The predicted octanol–water partition coefficient (Wildman–Crippen LogP) is 0.411. The highest BCUT2D eigenvalue weighted by atomic mass is 79.9. The van der Waals surface area contributed by atoms with E-state index in [0.29, 0.717) is 0 Å². The van der Waals surface area contributed by atoms with Gasteiger partial charge in [0.1, 0.15) is 6.10 Å². The molecule has 1 aromatic rings. The average molecular weight is 276 g/mol. The van der Waals surface area contributed by atoms with Crippen molar-refractivity contribution >= 4 is 21.9 Å². The van der Waals surface area contributed by atoms with Gasteiger partial charge in [-0.15, -0.1) is 0 Å². The van der Waals surface area contributed by atoms with Crippen LogP contribution in [0.5, 0.6) is 0 Å². The topological polar surface area (TPSA) is 79.7 Å². The second-order valence-electron chi connectivity index (χ2n) is 2.81. The zero-order chi connectivity index (χ0) is 11.4. The fraction of sp³-hybridized carbons (Fsp3) is 0.333. The number of hydrogen-bond donors (Lipinski definition) is 2. The third-order valence-corrected chi connectivity index (χ3v) is 2.26. The summed E-state index contributed by atoms with van der Waals surface area (Å²) in [6.07, 6.45) is -1.54. The minimum atomic E-state index is -1.62. The molecule has 5 nitrogen and oxygen atoms in total. The van der Waals surface area contributed by atoms with E-state index in [2.05, 4.69) is 25.7 Å². The highest BCUT2D eigenvalue weighted by Gasteiger charge is 2.27. The standard InChI is InChI=1S/C9H10BrNO4/c1-15-9(14)8(13)7(12)6-3-2-5(10)4-11-6/h2-4,7-8,12-13H,1H3. The van der Waals surface area contributed by atoms with Crippen LogP contribution in [0.1, 0.15) is 11.8 Å². The van der Waals surface area contributed by atoms with Crippen LogP contribution in [-0.4, -0.2) is 34.4 Å². The molecule has 0 aliphatic rings. The van der Waals surface area contributed by atoms with E-state index in [4.69, 9.17) is 0 Å². The lowest BCUT2D eigenvalue weighted by atomic mass is 10.1. The van der Waals surface area contributed by atoms with E-state index in [1.165, 1.54) is 12.3 Å². The van der Waals surface area contributed by atoms with Crippen LogP contribution >= 0.6 is 15.9 Å². The van der Waals surface area contributed by atoms with Gasteiger partial charge in [0.15, 0.2) is 6.10 Å². The van der Waals surface area contributed by atoms with Gasteiger partial charge in [-0.2, -0.15) is 0 Å². The quantitative estimate of drug-likeness (QED) is 0.782. The third kappa shape index (κ3) is 2.98. The molecule has 1 heterocycles. The number of nitrogens with zero attached hydrogens (tertiary/aromatic N) is 1. The molecule has 2 atom stereocenters. The van der Waals surface area contributed by atoms with Crippen molar-refractivity contribution in [3.8, 4) is 0 Å². The normalized spacial score (nSPS) is 14.4. The number of aromatic nitrogens is 1. The maximum atomic E-state index is 10.9. The first-order chi connectivity index (χ1) is 7.06. The number of esters is 1. The highest BCUT2D eigenvalue weighted by Crippen LogP contribution is 2.17. The fourth-order valence-electron chi connectivity index (χ4n) is 0.974. The second-order valence-corrected chi connectivity index (χ2v) is 3.73. The largest absolute Gasteiger partial charge is 0.467 e. The van der Waals surface area contributed by atoms with Crippen molar-refractivity contribution < 1.29 is 19.7 Å². The van der Waals surface area contributed by atoms with Gasteiger partial charge < -0.3 is 14.9 Å². The molecule has 0 aliphatic heterocycles. The molecule has 6 heteroatoms. The Hall–Kier alpha value is -0.980. The number of halogens is 1. The molecule has 0 fully saturated rings. The fourth-order valence-corrected chi connectivity index (χ4v) is 1.21. The van der Waals surface area contributed by atoms with Crippen LogP contribution in [-0.2, 0) is 9.53 Å². The van der Waals surface area contributed by atoms with Crippen LogP contribution < -0.4 is 0 Å². The van der Waals surface area contributed by atoms with Gasteiger partial charge in [0.2, 0.25) is 0 Å². The summed E-state index contributed by atoms with van der Waals surface area (Å²) in [6.45, 7) is 0. The number of methoxy groups -OCH3 is 1. The molecule has 1 aromatic heterocycles. The van der Waals surface area contributed by atoms with E-state index < -0.39 is 18.2 Å². The summed E-state index contributed by atoms with van der Waals surface area (Å²) in [5, 5.41) is 18.9. The monoisotopic (exact) mass is 275 g/mol. The van der Waals surface area contributed by atoms with Gasteiger partial charge in [0, 0.05) is 10.7 Å². The number of hydrogen-bond acceptors (Lipinski definition) is 5. The summed E-state index contributed by atoms with van der Waals surface area (Å²) in [5.41, 5.74) is 0.205. The summed E-state index contributed by atoms with van der Waals surface area (Å²) in [6, 6.07) is 3.15. The maximum Gasteiger partial charge on any atom is 0.337 e. The van der Waals surface area contributed by atoms with E-state index in [9.17, 15) is 15.0 Å². The summed E-state index contributed by atoms with van der Waals surface area (Å²) in [4.78, 5) is 14.8. The Balaban J connectivity index is 2.80. The van der Waals surface area contributed by atoms with E-state index >= 15 is 0 Å². The van der Waals surface area contributed by atoms with Crippen molar-refractivity contribution in [1.29, 1.82) is 0 Å². The molecule has 0 radical (unpaired) electrons. The van der Waals surface area contributed by atoms with E-state index in [1.807, 2.05) is 0 Å². The number of carbonyl (C=O) groups is 1. The summed E-state index contributed by atoms with van der Waals surface area (Å²) in [7, 11) is 1.13. The molecule has 0 spiro atoms. The maximum absolute atomic E-state index is 10.9. The van der Waals surface area contributed by atoms with Crippen molar-refractivity contribution in [1.82, 2.24) is 4.98 Å². The Labute approximate surface area is 94.8 Å². The number of rotatable bonds is 3. The molecule has 0 aliphatic carbocycles. The van der Waals surface area contributed by atoms with Crippen molar-refractivity contribution in [2.75, 3.05) is 7.11 Å². The van der Waals surface area contributed by atoms with Crippen molar-refractivity contribution in [2.45, 2.75) is 12.2 Å². The van der Waals surface area contributed by atoms with Crippen molar-refractivity contribution in [3.05, 3.63) is 28.5 Å². The number of pyridine rings is 1. The number of carbonyl (C=O) groups excluding carboxylic acids is 1. The summed E-state index contributed by atoms with van der Waals surface area (Å²) < 4.78 is 5.03. The van der Waals surface area contributed by atoms with Crippen molar-refractivity contribution in [2.24, 2.45) is 0 Å². The molecular formula is C9H10BrNO4. The first-order valence-electron chi connectivity index (χ1n) is 4.11.